The zero-order valence-electron chi connectivity index (χ0n) is 10.5. The number of carboxylic acids is 1. The number of H-pyrrole nitrogens is 1. The average molecular weight is 285 g/mol. The molecule has 19 heavy (non-hydrogen) atoms. The Bertz CT molecular complexity index is 478. The Morgan fingerprint density at radius 2 is 2.05 bits per heavy atom. The molecule has 3 N–H and O–H groups in total. The number of amides is 1. The summed E-state index contributed by atoms with van der Waals surface area (Å²) in [6, 6.07) is 1.54. The van der Waals surface area contributed by atoms with E-state index in [0.717, 1.165) is 19.3 Å². The average Bonchev–Trinajstić information content (AvgIpc) is 2.76. The van der Waals surface area contributed by atoms with E-state index in [1.807, 2.05) is 0 Å². The molecule has 0 spiro atoms. The van der Waals surface area contributed by atoms with Crippen molar-refractivity contribution in [3.05, 3.63) is 23.0 Å². The van der Waals surface area contributed by atoms with E-state index in [1.54, 1.807) is 0 Å². The standard InChI is InChI=1S/C13H17ClN2O3/c14-9-6-10(15-8-9)12(19)16-13(7-11(17)18)4-2-1-3-5-13/h6,8,15H,1-5,7H2,(H,16,19)(H,17,18). The van der Waals surface area contributed by atoms with E-state index in [2.05, 4.69) is 10.3 Å². The van der Waals surface area contributed by atoms with Gasteiger partial charge in [0.15, 0.2) is 0 Å². The Morgan fingerprint density at radius 1 is 1.37 bits per heavy atom. The summed E-state index contributed by atoms with van der Waals surface area (Å²) >= 11 is 5.76. The molecule has 0 aliphatic heterocycles. The first kappa shape index (κ1) is 13.9. The minimum atomic E-state index is -0.883. The van der Waals surface area contributed by atoms with Gasteiger partial charge in [-0.1, -0.05) is 30.9 Å². The van der Waals surface area contributed by atoms with Crippen LogP contribution in [0.25, 0.3) is 0 Å². The van der Waals surface area contributed by atoms with Gasteiger partial charge in [0.1, 0.15) is 5.69 Å². The second kappa shape index (κ2) is 5.65. The lowest BCUT2D eigenvalue weighted by molar-refractivity contribution is -0.139. The maximum absolute atomic E-state index is 12.1. The van der Waals surface area contributed by atoms with Crippen molar-refractivity contribution in [2.75, 3.05) is 0 Å². The third-order valence-corrected chi connectivity index (χ3v) is 3.79. The second-order valence-corrected chi connectivity index (χ2v) is 5.53. The zero-order valence-corrected chi connectivity index (χ0v) is 11.3. The van der Waals surface area contributed by atoms with Gasteiger partial charge >= 0.3 is 5.97 Å². The molecule has 1 heterocycles. The SMILES string of the molecule is O=C(O)CC1(NC(=O)c2cc(Cl)c[nH]2)CCCCC1. The molecule has 2 rings (SSSR count). The van der Waals surface area contributed by atoms with E-state index in [9.17, 15) is 9.59 Å². The molecule has 0 radical (unpaired) electrons. The quantitative estimate of drug-likeness (QED) is 0.795. The second-order valence-electron chi connectivity index (χ2n) is 5.10. The Kier molecular flexibility index (Phi) is 4.14. The number of aliphatic carboxylic acids is 1. The lowest BCUT2D eigenvalue weighted by Crippen LogP contribution is -2.51. The molecule has 6 heteroatoms. The van der Waals surface area contributed by atoms with Crippen molar-refractivity contribution in [3.8, 4) is 0 Å². The monoisotopic (exact) mass is 284 g/mol. The van der Waals surface area contributed by atoms with Gasteiger partial charge in [0, 0.05) is 6.20 Å². The number of rotatable bonds is 4. The summed E-state index contributed by atoms with van der Waals surface area (Å²) in [5, 5.41) is 12.4. The number of halogens is 1. The van der Waals surface area contributed by atoms with Crippen LogP contribution in [-0.2, 0) is 4.79 Å². The van der Waals surface area contributed by atoms with Crippen LogP contribution < -0.4 is 5.32 Å². The zero-order chi connectivity index (χ0) is 13.9. The highest BCUT2D eigenvalue weighted by Crippen LogP contribution is 2.31. The molecule has 0 saturated heterocycles. The smallest absolute Gasteiger partial charge is 0.305 e. The molecule has 1 fully saturated rings. The predicted molar refractivity (Wildman–Crippen MR) is 71.3 cm³/mol. The van der Waals surface area contributed by atoms with Crippen molar-refractivity contribution in [2.24, 2.45) is 0 Å². The van der Waals surface area contributed by atoms with Crippen LogP contribution in [0.4, 0.5) is 0 Å². The molecule has 0 bridgehead atoms. The van der Waals surface area contributed by atoms with Gasteiger partial charge in [-0.05, 0) is 18.9 Å². The summed E-state index contributed by atoms with van der Waals surface area (Å²) < 4.78 is 0. The van der Waals surface area contributed by atoms with E-state index in [4.69, 9.17) is 16.7 Å². The molecule has 1 aliphatic rings. The van der Waals surface area contributed by atoms with Gasteiger partial charge in [0.05, 0.1) is 17.0 Å². The van der Waals surface area contributed by atoms with Crippen molar-refractivity contribution in [3.63, 3.8) is 0 Å². The molecular weight excluding hydrogens is 268 g/mol. The van der Waals surface area contributed by atoms with E-state index in [1.165, 1.54) is 12.3 Å². The van der Waals surface area contributed by atoms with Gasteiger partial charge in [-0.2, -0.15) is 0 Å². The number of aromatic nitrogens is 1. The molecule has 0 unspecified atom stereocenters. The van der Waals surface area contributed by atoms with Crippen LogP contribution >= 0.6 is 11.6 Å². The molecule has 0 atom stereocenters. The van der Waals surface area contributed by atoms with Gasteiger partial charge in [-0.25, -0.2) is 0 Å². The third kappa shape index (κ3) is 3.50. The summed E-state index contributed by atoms with van der Waals surface area (Å²) in [6.45, 7) is 0. The van der Waals surface area contributed by atoms with Crippen LogP contribution in [0, 0.1) is 0 Å². The first-order chi connectivity index (χ1) is 9.01. The molecule has 1 aliphatic carbocycles. The van der Waals surface area contributed by atoms with Crippen molar-refractivity contribution in [1.29, 1.82) is 0 Å². The maximum atomic E-state index is 12.1. The summed E-state index contributed by atoms with van der Waals surface area (Å²) in [6.07, 6.45) is 5.89. The molecule has 1 aromatic rings. The minimum absolute atomic E-state index is 0.0345. The summed E-state index contributed by atoms with van der Waals surface area (Å²) in [4.78, 5) is 25.9. The lowest BCUT2D eigenvalue weighted by Gasteiger charge is -2.36. The number of hydrogen-bond acceptors (Lipinski definition) is 2. The largest absolute Gasteiger partial charge is 0.481 e. The molecule has 1 aromatic heterocycles. The molecular formula is C13H17ClN2O3. The van der Waals surface area contributed by atoms with Crippen molar-refractivity contribution < 1.29 is 14.7 Å². The first-order valence-electron chi connectivity index (χ1n) is 6.39. The van der Waals surface area contributed by atoms with Crippen molar-refractivity contribution in [1.82, 2.24) is 10.3 Å². The number of aromatic amines is 1. The summed E-state index contributed by atoms with van der Waals surface area (Å²) in [5.74, 6) is -1.18. The molecule has 1 amide bonds. The summed E-state index contributed by atoms with van der Waals surface area (Å²) in [5.41, 5.74) is -0.265. The number of carbonyl (C=O) groups excluding carboxylic acids is 1. The van der Waals surface area contributed by atoms with Gasteiger partial charge in [0.25, 0.3) is 5.91 Å². The highest BCUT2D eigenvalue weighted by Gasteiger charge is 2.36. The van der Waals surface area contributed by atoms with Gasteiger partial charge in [-0.15, -0.1) is 0 Å². The number of hydrogen-bond donors (Lipinski definition) is 3. The van der Waals surface area contributed by atoms with Crippen LogP contribution in [0.3, 0.4) is 0 Å². The number of carboxylic acid groups (broad SMARTS) is 1. The van der Waals surface area contributed by atoms with Crippen LogP contribution in [-0.4, -0.2) is 27.5 Å². The Labute approximate surface area is 116 Å². The fraction of sp³-hybridized carbons (Fsp3) is 0.538. The van der Waals surface area contributed by atoms with Gasteiger partial charge in [0.2, 0.25) is 0 Å². The van der Waals surface area contributed by atoms with E-state index in [0.29, 0.717) is 23.6 Å². The van der Waals surface area contributed by atoms with Crippen molar-refractivity contribution in [2.45, 2.75) is 44.1 Å². The molecule has 0 aromatic carbocycles. The lowest BCUT2D eigenvalue weighted by atomic mass is 9.79. The number of nitrogens with one attached hydrogen (secondary N) is 2. The Morgan fingerprint density at radius 3 is 2.58 bits per heavy atom. The van der Waals surface area contributed by atoms with Crippen LogP contribution in [0.2, 0.25) is 5.02 Å². The first-order valence-corrected chi connectivity index (χ1v) is 6.77. The topological polar surface area (TPSA) is 82.2 Å². The van der Waals surface area contributed by atoms with Crippen LogP contribution in [0.1, 0.15) is 49.0 Å². The minimum Gasteiger partial charge on any atom is -0.481 e. The van der Waals surface area contributed by atoms with E-state index >= 15 is 0 Å². The maximum Gasteiger partial charge on any atom is 0.305 e. The highest BCUT2D eigenvalue weighted by molar-refractivity contribution is 6.30. The van der Waals surface area contributed by atoms with E-state index in [-0.39, 0.29) is 12.3 Å². The Balaban J connectivity index is 2.11. The van der Waals surface area contributed by atoms with E-state index < -0.39 is 11.5 Å². The predicted octanol–water partition coefficient (Wildman–Crippen LogP) is 2.58. The fourth-order valence-corrected chi connectivity index (χ4v) is 2.83. The van der Waals surface area contributed by atoms with Gasteiger partial charge < -0.3 is 15.4 Å². The number of carbonyl (C=O) groups is 2. The van der Waals surface area contributed by atoms with Crippen molar-refractivity contribution >= 4 is 23.5 Å². The van der Waals surface area contributed by atoms with Crippen LogP contribution in [0.5, 0.6) is 0 Å². The molecule has 1 saturated carbocycles. The van der Waals surface area contributed by atoms with Crippen LogP contribution in [0.15, 0.2) is 12.3 Å². The normalized spacial score (nSPS) is 17.9. The molecule has 104 valence electrons. The summed E-state index contributed by atoms with van der Waals surface area (Å²) in [7, 11) is 0. The molecule has 5 nitrogen and oxygen atoms in total. The fourth-order valence-electron chi connectivity index (χ4n) is 2.67. The third-order valence-electron chi connectivity index (χ3n) is 3.57. The Hall–Kier alpha value is -1.49. The van der Waals surface area contributed by atoms with Gasteiger partial charge in [-0.3, -0.25) is 9.59 Å². The highest BCUT2D eigenvalue weighted by atomic mass is 35.5.